The largest absolute Gasteiger partial charge is 0.496 e. The Balaban J connectivity index is 1.87. The molecule has 126 valence electrons. The molecule has 2 aromatic rings. The number of hydrogen-bond donors (Lipinski definition) is 0. The zero-order valence-corrected chi connectivity index (χ0v) is 15.5. The molecule has 0 amide bonds. The molecule has 1 aliphatic rings. The second-order valence-corrected chi connectivity index (χ2v) is 6.42. The van der Waals surface area contributed by atoms with Gasteiger partial charge in [-0.25, -0.2) is 9.79 Å². The Morgan fingerprint density at radius 2 is 2.00 bits per heavy atom. The van der Waals surface area contributed by atoms with Gasteiger partial charge in [-0.2, -0.15) is 0 Å². The van der Waals surface area contributed by atoms with Crippen molar-refractivity contribution in [2.45, 2.75) is 0 Å². The molecule has 0 saturated heterocycles. The lowest BCUT2D eigenvalue weighted by atomic mass is 10.2. The van der Waals surface area contributed by atoms with E-state index < -0.39 is 5.97 Å². The summed E-state index contributed by atoms with van der Waals surface area (Å²) in [4.78, 5) is 16.3. The van der Waals surface area contributed by atoms with Crippen LogP contribution in [0.4, 0.5) is 0 Å². The molecule has 2 aromatic carbocycles. The highest BCUT2D eigenvalue weighted by molar-refractivity contribution is 9.10. The van der Waals surface area contributed by atoms with Gasteiger partial charge in [0.15, 0.2) is 5.70 Å². The lowest BCUT2D eigenvalue weighted by Crippen LogP contribution is -2.05. The van der Waals surface area contributed by atoms with Crippen LogP contribution in [0.15, 0.2) is 74.8 Å². The third kappa shape index (κ3) is 4.18. The first-order valence-electron chi connectivity index (χ1n) is 7.35. The van der Waals surface area contributed by atoms with Crippen LogP contribution in [0.1, 0.15) is 11.1 Å². The Hall–Kier alpha value is -2.37. The van der Waals surface area contributed by atoms with E-state index in [1.165, 1.54) is 6.08 Å². The molecule has 0 bridgehead atoms. The molecular weight excluding hydrogens is 406 g/mol. The second-order valence-electron chi connectivity index (χ2n) is 5.13. The molecule has 0 radical (unpaired) electrons. The number of rotatable bonds is 4. The summed E-state index contributed by atoms with van der Waals surface area (Å²) in [6.07, 6.45) is 3.24. The Labute approximate surface area is 158 Å². The molecule has 0 saturated carbocycles. The summed E-state index contributed by atoms with van der Waals surface area (Å²) in [5.41, 5.74) is 1.74. The van der Waals surface area contributed by atoms with Crippen LogP contribution < -0.4 is 4.74 Å². The number of esters is 1. The predicted molar refractivity (Wildman–Crippen MR) is 102 cm³/mol. The first-order valence-corrected chi connectivity index (χ1v) is 8.52. The standard InChI is InChI=1S/C19H13BrClNO3/c1-24-17-8-7-13(10-15(17)20)18-22-16(19(23)25-18)11-14(21)9-12-5-3-2-4-6-12/h2-11H,1H3. The molecule has 25 heavy (non-hydrogen) atoms. The molecule has 3 rings (SSSR count). The quantitative estimate of drug-likeness (QED) is 0.523. The summed E-state index contributed by atoms with van der Waals surface area (Å²) < 4.78 is 11.2. The van der Waals surface area contributed by atoms with E-state index in [4.69, 9.17) is 21.1 Å². The van der Waals surface area contributed by atoms with Gasteiger partial charge in [0, 0.05) is 10.6 Å². The minimum Gasteiger partial charge on any atom is -0.496 e. The number of cyclic esters (lactones) is 1. The van der Waals surface area contributed by atoms with Gasteiger partial charge in [-0.1, -0.05) is 41.9 Å². The van der Waals surface area contributed by atoms with Crippen LogP contribution in [-0.2, 0) is 9.53 Å². The van der Waals surface area contributed by atoms with Gasteiger partial charge in [0.2, 0.25) is 5.90 Å². The molecule has 0 spiro atoms. The van der Waals surface area contributed by atoms with Gasteiger partial charge in [0.05, 0.1) is 11.6 Å². The highest BCUT2D eigenvalue weighted by atomic mass is 79.9. The van der Waals surface area contributed by atoms with Crippen molar-refractivity contribution in [3.05, 3.63) is 80.9 Å². The Bertz CT molecular complexity index is 904. The number of nitrogens with zero attached hydrogens (tertiary/aromatic N) is 1. The number of allylic oxidation sites excluding steroid dienone is 2. The van der Waals surface area contributed by atoms with Crippen LogP contribution in [0.25, 0.3) is 6.08 Å². The molecule has 0 aromatic heterocycles. The van der Waals surface area contributed by atoms with Gasteiger partial charge in [0.25, 0.3) is 0 Å². The predicted octanol–water partition coefficient (Wildman–Crippen LogP) is 4.92. The number of halogens is 2. The van der Waals surface area contributed by atoms with Crippen molar-refractivity contribution in [1.82, 2.24) is 0 Å². The highest BCUT2D eigenvalue weighted by Crippen LogP contribution is 2.28. The van der Waals surface area contributed by atoms with E-state index >= 15 is 0 Å². The normalized spacial score (nSPS) is 16.0. The van der Waals surface area contributed by atoms with E-state index in [1.54, 1.807) is 31.4 Å². The van der Waals surface area contributed by atoms with Gasteiger partial charge < -0.3 is 9.47 Å². The third-order valence-corrected chi connectivity index (χ3v) is 4.24. The summed E-state index contributed by atoms with van der Waals surface area (Å²) in [5.74, 6) is 0.364. The molecule has 4 nitrogen and oxygen atoms in total. The topological polar surface area (TPSA) is 47.9 Å². The van der Waals surface area contributed by atoms with E-state index in [0.717, 1.165) is 10.0 Å². The number of carbonyl (C=O) groups is 1. The number of benzene rings is 2. The Morgan fingerprint density at radius 1 is 1.24 bits per heavy atom. The van der Waals surface area contributed by atoms with Crippen molar-refractivity contribution < 1.29 is 14.3 Å². The maximum Gasteiger partial charge on any atom is 0.363 e. The van der Waals surface area contributed by atoms with Gasteiger partial charge in [-0.15, -0.1) is 0 Å². The van der Waals surface area contributed by atoms with Gasteiger partial charge in [-0.05, 0) is 51.8 Å². The number of carbonyl (C=O) groups excluding carboxylic acids is 1. The molecule has 0 aliphatic carbocycles. The summed E-state index contributed by atoms with van der Waals surface area (Å²) >= 11 is 9.60. The van der Waals surface area contributed by atoms with E-state index in [1.807, 2.05) is 30.3 Å². The zero-order chi connectivity index (χ0) is 17.8. The number of methoxy groups -OCH3 is 1. The smallest absolute Gasteiger partial charge is 0.363 e. The van der Waals surface area contributed by atoms with Crippen molar-refractivity contribution in [3.8, 4) is 5.75 Å². The van der Waals surface area contributed by atoms with Gasteiger partial charge in [-0.3, -0.25) is 0 Å². The third-order valence-electron chi connectivity index (χ3n) is 3.40. The Kier molecular flexibility index (Phi) is 5.36. The van der Waals surface area contributed by atoms with Crippen molar-refractivity contribution >= 4 is 45.5 Å². The number of aliphatic imine (C=N–C) groups is 1. The van der Waals surface area contributed by atoms with Gasteiger partial charge in [0.1, 0.15) is 5.75 Å². The molecule has 6 heteroatoms. The summed E-state index contributed by atoms with van der Waals surface area (Å²) in [6, 6.07) is 14.9. The second kappa shape index (κ2) is 7.68. The molecule has 0 fully saturated rings. The van der Waals surface area contributed by atoms with Gasteiger partial charge >= 0.3 is 5.97 Å². The molecule has 0 N–H and O–H groups in total. The number of ether oxygens (including phenoxy) is 2. The zero-order valence-electron chi connectivity index (χ0n) is 13.2. The van der Waals surface area contributed by atoms with Crippen molar-refractivity contribution in [1.29, 1.82) is 0 Å². The summed E-state index contributed by atoms with van der Waals surface area (Å²) in [5, 5.41) is 0.388. The first-order chi connectivity index (χ1) is 12.1. The SMILES string of the molecule is COc1ccc(C2=NC(=CC(Cl)=Cc3ccccc3)C(=O)O2)cc1Br. The molecule has 1 heterocycles. The summed E-state index contributed by atoms with van der Waals surface area (Å²) in [7, 11) is 1.58. The fourth-order valence-electron chi connectivity index (χ4n) is 2.21. The van der Waals surface area contributed by atoms with Crippen LogP contribution in [0.3, 0.4) is 0 Å². The van der Waals surface area contributed by atoms with E-state index in [9.17, 15) is 4.79 Å². The first kappa shape index (κ1) is 17.5. The fraction of sp³-hybridized carbons (Fsp3) is 0.0526. The van der Waals surface area contributed by atoms with Crippen LogP contribution in [0.2, 0.25) is 0 Å². The molecule has 0 unspecified atom stereocenters. The monoisotopic (exact) mass is 417 g/mol. The number of hydrogen-bond acceptors (Lipinski definition) is 4. The summed E-state index contributed by atoms with van der Waals surface area (Å²) in [6.45, 7) is 0. The van der Waals surface area contributed by atoms with E-state index in [0.29, 0.717) is 16.3 Å². The van der Waals surface area contributed by atoms with Crippen LogP contribution in [0, 0.1) is 0 Å². The lowest BCUT2D eigenvalue weighted by Gasteiger charge is -2.05. The average molecular weight is 419 g/mol. The average Bonchev–Trinajstić information content (AvgIpc) is 2.96. The lowest BCUT2D eigenvalue weighted by molar-refractivity contribution is -0.130. The minimum atomic E-state index is -0.540. The maximum atomic E-state index is 12.0. The molecular formula is C19H13BrClNO3. The highest BCUT2D eigenvalue weighted by Gasteiger charge is 2.24. The van der Waals surface area contributed by atoms with Crippen molar-refractivity contribution in [2.75, 3.05) is 7.11 Å². The van der Waals surface area contributed by atoms with E-state index in [-0.39, 0.29) is 11.6 Å². The molecule has 1 aliphatic heterocycles. The molecule has 0 atom stereocenters. The van der Waals surface area contributed by atoms with Crippen LogP contribution in [-0.4, -0.2) is 19.0 Å². The van der Waals surface area contributed by atoms with Crippen LogP contribution in [0.5, 0.6) is 5.75 Å². The maximum absolute atomic E-state index is 12.0. The van der Waals surface area contributed by atoms with Crippen molar-refractivity contribution in [2.24, 2.45) is 4.99 Å². The fourth-order valence-corrected chi connectivity index (χ4v) is 2.98. The Morgan fingerprint density at radius 3 is 2.68 bits per heavy atom. The van der Waals surface area contributed by atoms with Crippen molar-refractivity contribution in [3.63, 3.8) is 0 Å². The minimum absolute atomic E-state index is 0.152. The van der Waals surface area contributed by atoms with E-state index in [2.05, 4.69) is 20.9 Å². The van der Waals surface area contributed by atoms with Crippen LogP contribution >= 0.6 is 27.5 Å².